The SMILES string of the molecule is Nc1ncnc2c1n(-c1ccc(Oc3ccccc3)cc1)c(=O)n2[C@H]1CCN(CCC2CCNCC2)CC1(F)F. The van der Waals surface area contributed by atoms with Gasteiger partial charge in [-0.25, -0.2) is 23.5 Å². The number of aromatic nitrogens is 4. The summed E-state index contributed by atoms with van der Waals surface area (Å²) in [7, 11) is 0. The monoisotopic (exact) mass is 549 g/mol. The molecular formula is C29H33F2N7O2. The molecule has 1 atom stereocenters. The maximum atomic E-state index is 15.7. The summed E-state index contributed by atoms with van der Waals surface area (Å²) in [5.74, 6) is -1.27. The molecule has 0 unspecified atom stereocenters. The topological polar surface area (TPSA) is 103 Å². The van der Waals surface area contributed by atoms with E-state index in [-0.39, 0.29) is 23.4 Å². The number of hydrogen-bond acceptors (Lipinski definition) is 7. The van der Waals surface area contributed by atoms with Crippen LogP contribution in [0.4, 0.5) is 14.6 Å². The molecule has 2 saturated heterocycles. The first-order chi connectivity index (χ1) is 19.4. The third kappa shape index (κ3) is 5.18. The van der Waals surface area contributed by atoms with E-state index in [4.69, 9.17) is 10.5 Å². The van der Waals surface area contributed by atoms with Gasteiger partial charge in [-0.05, 0) is 87.6 Å². The predicted molar refractivity (Wildman–Crippen MR) is 149 cm³/mol. The van der Waals surface area contributed by atoms with E-state index in [0.29, 0.717) is 36.2 Å². The highest BCUT2D eigenvalue weighted by Crippen LogP contribution is 2.38. The maximum Gasteiger partial charge on any atom is 0.335 e. The number of nitrogen functional groups attached to an aromatic ring is 1. The van der Waals surface area contributed by atoms with Crippen LogP contribution in [0.2, 0.25) is 0 Å². The smallest absolute Gasteiger partial charge is 0.335 e. The van der Waals surface area contributed by atoms with E-state index in [9.17, 15) is 4.79 Å². The molecule has 2 aliphatic rings. The number of imidazole rings is 1. The summed E-state index contributed by atoms with van der Waals surface area (Å²) in [6.45, 7) is 2.70. The third-order valence-corrected chi connectivity index (χ3v) is 8.02. The fourth-order valence-electron chi connectivity index (χ4n) is 5.92. The molecule has 40 heavy (non-hydrogen) atoms. The molecule has 0 radical (unpaired) electrons. The van der Waals surface area contributed by atoms with E-state index in [0.717, 1.165) is 36.9 Å². The number of rotatable bonds is 7. The molecule has 2 aromatic heterocycles. The quantitative estimate of drug-likeness (QED) is 0.356. The molecule has 2 fully saturated rings. The number of likely N-dealkylation sites (tertiary alicyclic amines) is 1. The van der Waals surface area contributed by atoms with Gasteiger partial charge in [0.2, 0.25) is 0 Å². The van der Waals surface area contributed by atoms with E-state index < -0.39 is 24.2 Å². The average molecular weight is 550 g/mol. The first-order valence-electron chi connectivity index (χ1n) is 13.8. The number of nitrogens with one attached hydrogen (secondary N) is 1. The number of nitrogens with two attached hydrogens (primary N) is 1. The number of halogens is 2. The van der Waals surface area contributed by atoms with Crippen LogP contribution in [0.3, 0.4) is 0 Å². The van der Waals surface area contributed by atoms with Crippen molar-refractivity contribution in [2.75, 3.05) is 38.5 Å². The summed E-state index contributed by atoms with van der Waals surface area (Å²) in [6.07, 6.45) is 4.42. The molecule has 210 valence electrons. The molecule has 2 aromatic carbocycles. The van der Waals surface area contributed by atoms with Crippen LogP contribution in [0.25, 0.3) is 16.9 Å². The molecule has 4 heterocycles. The second-order valence-electron chi connectivity index (χ2n) is 10.7. The first kappa shape index (κ1) is 26.4. The lowest BCUT2D eigenvalue weighted by Gasteiger charge is -2.39. The Morgan fingerprint density at radius 2 is 1.73 bits per heavy atom. The molecule has 6 rings (SSSR count). The fourth-order valence-corrected chi connectivity index (χ4v) is 5.92. The van der Waals surface area contributed by atoms with Crippen LogP contribution in [0, 0.1) is 5.92 Å². The van der Waals surface area contributed by atoms with Crippen molar-refractivity contribution >= 4 is 17.0 Å². The van der Waals surface area contributed by atoms with Crippen molar-refractivity contribution in [3.05, 3.63) is 71.4 Å². The number of benzene rings is 2. The van der Waals surface area contributed by atoms with E-state index in [1.807, 2.05) is 35.2 Å². The van der Waals surface area contributed by atoms with Crippen LogP contribution in [0.1, 0.15) is 31.7 Å². The van der Waals surface area contributed by atoms with E-state index >= 15 is 8.78 Å². The van der Waals surface area contributed by atoms with Gasteiger partial charge in [0.15, 0.2) is 11.5 Å². The van der Waals surface area contributed by atoms with Crippen molar-refractivity contribution in [1.82, 2.24) is 29.3 Å². The van der Waals surface area contributed by atoms with Gasteiger partial charge in [-0.15, -0.1) is 0 Å². The standard InChI is InChI=1S/C29H33F2N7O2/c30-29(31)18-36(16-12-20-10-14-33-15-11-20)17-13-24(29)38-27-25(26(32)34-19-35-27)37(28(38)39)21-6-8-23(9-7-21)40-22-4-2-1-3-5-22/h1-9,19-20,24,33H,10-18H2,(H2,32,34,35)/t24-/m0/s1. The minimum atomic E-state index is -3.12. The number of hydrogen-bond donors (Lipinski definition) is 2. The Kier molecular flexibility index (Phi) is 7.24. The molecule has 0 bridgehead atoms. The zero-order valence-corrected chi connectivity index (χ0v) is 22.2. The fraction of sp³-hybridized carbons (Fsp3) is 0.414. The van der Waals surface area contributed by atoms with Gasteiger partial charge < -0.3 is 15.8 Å². The lowest BCUT2D eigenvalue weighted by molar-refractivity contribution is -0.104. The maximum absolute atomic E-state index is 15.7. The molecule has 0 aliphatic carbocycles. The zero-order chi connectivity index (χ0) is 27.7. The number of fused-ring (bicyclic) bond motifs is 1. The van der Waals surface area contributed by atoms with Crippen LogP contribution in [-0.2, 0) is 0 Å². The second kappa shape index (κ2) is 11.0. The average Bonchev–Trinajstić information content (AvgIpc) is 3.26. The van der Waals surface area contributed by atoms with Crippen LogP contribution < -0.4 is 21.5 Å². The molecule has 2 aliphatic heterocycles. The number of anilines is 1. The largest absolute Gasteiger partial charge is 0.457 e. The van der Waals surface area contributed by atoms with Crippen molar-refractivity contribution in [2.24, 2.45) is 5.92 Å². The minimum absolute atomic E-state index is 0.0492. The molecule has 0 saturated carbocycles. The van der Waals surface area contributed by atoms with Crippen LogP contribution >= 0.6 is 0 Å². The summed E-state index contributed by atoms with van der Waals surface area (Å²) in [6, 6.07) is 14.8. The molecule has 0 spiro atoms. The van der Waals surface area contributed by atoms with Crippen molar-refractivity contribution in [1.29, 1.82) is 0 Å². The van der Waals surface area contributed by atoms with Crippen LogP contribution in [0.15, 0.2) is 65.7 Å². The Morgan fingerprint density at radius 1 is 1.00 bits per heavy atom. The Morgan fingerprint density at radius 3 is 2.45 bits per heavy atom. The summed E-state index contributed by atoms with van der Waals surface area (Å²) >= 11 is 0. The Labute approximate surface area is 230 Å². The van der Waals surface area contributed by atoms with Gasteiger partial charge in [0.05, 0.1) is 12.2 Å². The van der Waals surface area contributed by atoms with Crippen LogP contribution in [0.5, 0.6) is 11.5 Å². The van der Waals surface area contributed by atoms with Crippen molar-refractivity contribution < 1.29 is 13.5 Å². The third-order valence-electron chi connectivity index (χ3n) is 8.02. The highest BCUT2D eigenvalue weighted by atomic mass is 19.3. The predicted octanol–water partition coefficient (Wildman–Crippen LogP) is 4.23. The first-order valence-corrected chi connectivity index (χ1v) is 13.8. The number of para-hydroxylation sites is 1. The summed E-state index contributed by atoms with van der Waals surface area (Å²) in [4.78, 5) is 24.0. The van der Waals surface area contributed by atoms with Gasteiger partial charge in [0, 0.05) is 6.54 Å². The Balaban J connectivity index is 1.28. The number of ether oxygens (including phenoxy) is 1. The molecular weight excluding hydrogens is 516 g/mol. The lowest BCUT2D eigenvalue weighted by Crippen LogP contribution is -2.51. The lowest BCUT2D eigenvalue weighted by atomic mass is 9.93. The Hall–Kier alpha value is -3.83. The van der Waals surface area contributed by atoms with Crippen molar-refractivity contribution in [3.8, 4) is 17.2 Å². The van der Waals surface area contributed by atoms with Crippen molar-refractivity contribution in [3.63, 3.8) is 0 Å². The van der Waals surface area contributed by atoms with Gasteiger partial charge in [-0.1, -0.05) is 18.2 Å². The summed E-state index contributed by atoms with van der Waals surface area (Å²) in [5, 5.41) is 3.35. The van der Waals surface area contributed by atoms with Gasteiger partial charge >= 0.3 is 5.69 Å². The second-order valence-corrected chi connectivity index (χ2v) is 10.7. The van der Waals surface area contributed by atoms with E-state index in [2.05, 4.69) is 15.3 Å². The highest BCUT2D eigenvalue weighted by molar-refractivity contribution is 5.84. The van der Waals surface area contributed by atoms with Crippen LogP contribution in [-0.4, -0.2) is 62.6 Å². The van der Waals surface area contributed by atoms with Crippen molar-refractivity contribution in [2.45, 2.75) is 37.6 Å². The molecule has 11 heteroatoms. The molecule has 9 nitrogen and oxygen atoms in total. The Bertz CT molecular complexity index is 1520. The normalized spacial score (nSPS) is 20.1. The number of piperidine rings is 2. The number of nitrogens with zero attached hydrogens (tertiary/aromatic N) is 5. The molecule has 3 N–H and O–H groups in total. The van der Waals surface area contributed by atoms with Gasteiger partial charge in [0.25, 0.3) is 5.92 Å². The minimum Gasteiger partial charge on any atom is -0.457 e. The zero-order valence-electron chi connectivity index (χ0n) is 22.2. The van der Waals surface area contributed by atoms with Gasteiger partial charge in [-0.3, -0.25) is 14.0 Å². The van der Waals surface area contributed by atoms with E-state index in [1.165, 1.54) is 10.9 Å². The van der Waals surface area contributed by atoms with Gasteiger partial charge in [0.1, 0.15) is 29.4 Å². The number of alkyl halides is 2. The molecule has 4 aromatic rings. The van der Waals surface area contributed by atoms with E-state index in [1.54, 1.807) is 24.3 Å². The highest BCUT2D eigenvalue weighted by Gasteiger charge is 2.47. The molecule has 0 amide bonds. The summed E-state index contributed by atoms with van der Waals surface area (Å²) < 4.78 is 39.8. The van der Waals surface area contributed by atoms with Gasteiger partial charge in [-0.2, -0.15) is 0 Å². The summed E-state index contributed by atoms with van der Waals surface area (Å²) in [5.41, 5.74) is 6.35.